The molecule has 0 aromatic heterocycles. The van der Waals surface area contributed by atoms with Crippen molar-refractivity contribution < 1.29 is 38.6 Å². The summed E-state index contributed by atoms with van der Waals surface area (Å²) in [5, 5.41) is 0. The Morgan fingerprint density at radius 3 is 1.77 bits per heavy atom. The van der Waals surface area contributed by atoms with E-state index in [1.807, 2.05) is 0 Å². The molecule has 0 spiro atoms. The Labute approximate surface area is 167 Å². The standard InChI is InChI=1S/C12H10I.C8H17FO3S/c1-3-7-11(8-4-1)13-12-9-5-2-6-10-12;1-2-3-4-5-6-7-8(9)13(10,11)12/h1-10H;8H,2-7H2,1H3,(H,10,11,12)/q+1;/p-1. The molecular formula is C20H26FIO3S. The number of benzene rings is 2. The van der Waals surface area contributed by atoms with E-state index in [9.17, 15) is 17.4 Å². The van der Waals surface area contributed by atoms with Crippen molar-refractivity contribution in [2.75, 3.05) is 0 Å². The van der Waals surface area contributed by atoms with Crippen LogP contribution in [0, 0.1) is 7.14 Å². The average molecular weight is 492 g/mol. The SMILES string of the molecule is CCCCCCCC(F)S(=O)(=O)[O-].c1ccc([I+]c2ccccc2)cc1. The lowest BCUT2D eigenvalue weighted by Crippen LogP contribution is -3.61. The molecule has 2 aromatic carbocycles. The largest absolute Gasteiger partial charge is 0.746 e. The third-order valence-electron chi connectivity index (χ3n) is 3.53. The third-order valence-corrected chi connectivity index (χ3v) is 7.08. The molecule has 0 saturated carbocycles. The van der Waals surface area contributed by atoms with Gasteiger partial charge in [0.05, 0.1) is 0 Å². The Balaban J connectivity index is 0.000000260. The molecule has 0 heterocycles. The maximum absolute atomic E-state index is 12.5. The van der Waals surface area contributed by atoms with Crippen molar-refractivity contribution in [1.29, 1.82) is 0 Å². The first-order valence-electron chi connectivity index (χ1n) is 8.77. The molecule has 26 heavy (non-hydrogen) atoms. The van der Waals surface area contributed by atoms with Crippen molar-refractivity contribution in [3.05, 3.63) is 67.8 Å². The zero-order chi connectivity index (χ0) is 19.3. The fourth-order valence-corrected chi connectivity index (χ4v) is 4.86. The highest BCUT2D eigenvalue weighted by molar-refractivity contribution is 7.86. The summed E-state index contributed by atoms with van der Waals surface area (Å²) in [4.78, 5) is 0. The number of unbranched alkanes of at least 4 members (excludes halogenated alkanes) is 4. The first-order chi connectivity index (χ1) is 12.4. The van der Waals surface area contributed by atoms with Gasteiger partial charge < -0.3 is 4.55 Å². The molecule has 0 amide bonds. The number of halogens is 2. The zero-order valence-corrected chi connectivity index (χ0v) is 18.0. The van der Waals surface area contributed by atoms with Gasteiger partial charge in [0.2, 0.25) is 0 Å². The quantitative estimate of drug-likeness (QED) is 0.306. The molecule has 6 heteroatoms. The minimum absolute atomic E-state index is 0.0287. The molecule has 0 aliphatic heterocycles. The zero-order valence-electron chi connectivity index (χ0n) is 15.0. The molecule has 3 nitrogen and oxygen atoms in total. The maximum Gasteiger partial charge on any atom is 0.357 e. The van der Waals surface area contributed by atoms with Crippen molar-refractivity contribution in [2.24, 2.45) is 0 Å². The van der Waals surface area contributed by atoms with E-state index in [4.69, 9.17) is 0 Å². The van der Waals surface area contributed by atoms with Gasteiger partial charge in [-0.15, -0.1) is 0 Å². The second-order valence-electron chi connectivity index (χ2n) is 5.79. The molecule has 0 N–H and O–H groups in total. The van der Waals surface area contributed by atoms with Crippen LogP contribution in [-0.4, -0.2) is 18.5 Å². The summed E-state index contributed by atoms with van der Waals surface area (Å²) in [7, 11) is -4.71. The Hall–Kier alpha value is -0.990. The second kappa shape index (κ2) is 13.2. The molecule has 1 unspecified atom stereocenters. The van der Waals surface area contributed by atoms with Gasteiger partial charge in [0.1, 0.15) is 10.1 Å². The molecule has 144 valence electrons. The smallest absolute Gasteiger partial charge is 0.357 e. The predicted octanol–water partition coefficient (Wildman–Crippen LogP) is 2.00. The van der Waals surface area contributed by atoms with Gasteiger partial charge in [0.15, 0.2) is 12.6 Å². The van der Waals surface area contributed by atoms with E-state index in [1.165, 1.54) is 7.14 Å². The van der Waals surface area contributed by atoms with E-state index >= 15 is 0 Å². The first kappa shape index (κ1) is 23.0. The van der Waals surface area contributed by atoms with Gasteiger partial charge in [-0.25, -0.2) is 12.8 Å². The Morgan fingerprint density at radius 1 is 0.885 bits per heavy atom. The Bertz CT molecular complexity index is 656. The fraction of sp³-hybridized carbons (Fsp3) is 0.400. The van der Waals surface area contributed by atoms with Crippen LogP contribution >= 0.6 is 0 Å². The molecule has 0 radical (unpaired) electrons. The summed E-state index contributed by atoms with van der Waals surface area (Å²) in [5.74, 6) is 0. The van der Waals surface area contributed by atoms with Gasteiger partial charge in [0, 0.05) is 0 Å². The van der Waals surface area contributed by atoms with Crippen molar-refractivity contribution in [3.63, 3.8) is 0 Å². The van der Waals surface area contributed by atoms with Gasteiger partial charge in [-0.2, -0.15) is 0 Å². The van der Waals surface area contributed by atoms with Gasteiger partial charge in [-0.1, -0.05) is 69.0 Å². The molecule has 0 aliphatic carbocycles. The van der Waals surface area contributed by atoms with Crippen LogP contribution in [0.25, 0.3) is 0 Å². The topological polar surface area (TPSA) is 57.2 Å². The van der Waals surface area contributed by atoms with Crippen LogP contribution in [0.2, 0.25) is 0 Å². The van der Waals surface area contributed by atoms with Crippen LogP contribution in [0.1, 0.15) is 45.4 Å². The molecular weight excluding hydrogens is 466 g/mol. The summed E-state index contributed by atoms with van der Waals surface area (Å²) in [6.45, 7) is 2.06. The molecule has 0 bridgehead atoms. The normalized spacial score (nSPS) is 12.1. The van der Waals surface area contributed by atoms with Crippen molar-refractivity contribution >= 4 is 10.1 Å². The van der Waals surface area contributed by atoms with Crippen LogP contribution in [-0.2, 0) is 10.1 Å². The lowest BCUT2D eigenvalue weighted by atomic mass is 10.1. The van der Waals surface area contributed by atoms with Crippen molar-refractivity contribution in [1.82, 2.24) is 0 Å². The van der Waals surface area contributed by atoms with Crippen molar-refractivity contribution in [2.45, 2.75) is 51.0 Å². The van der Waals surface area contributed by atoms with E-state index in [-0.39, 0.29) is 27.6 Å². The third kappa shape index (κ3) is 10.9. The summed E-state index contributed by atoms with van der Waals surface area (Å²) in [6.07, 6.45) is 4.24. The number of alkyl halides is 1. The van der Waals surface area contributed by atoms with Crippen LogP contribution in [0.4, 0.5) is 4.39 Å². The van der Waals surface area contributed by atoms with Crippen LogP contribution in [0.15, 0.2) is 60.7 Å². The van der Waals surface area contributed by atoms with E-state index < -0.39 is 15.6 Å². The molecule has 2 aromatic rings. The highest BCUT2D eigenvalue weighted by Crippen LogP contribution is 2.12. The summed E-state index contributed by atoms with van der Waals surface area (Å²) < 4.78 is 45.8. The van der Waals surface area contributed by atoms with Crippen molar-refractivity contribution in [3.8, 4) is 0 Å². The maximum atomic E-state index is 12.5. The molecule has 0 aliphatic rings. The number of hydrogen-bond donors (Lipinski definition) is 0. The van der Waals surface area contributed by atoms with E-state index in [1.54, 1.807) is 0 Å². The van der Waals surface area contributed by atoms with Gasteiger partial charge in [-0.05, 0) is 37.1 Å². The van der Waals surface area contributed by atoms with E-state index in [0.29, 0.717) is 6.42 Å². The van der Waals surface area contributed by atoms with Crippen LogP contribution in [0.3, 0.4) is 0 Å². The van der Waals surface area contributed by atoms with Gasteiger partial charge >= 0.3 is 21.2 Å². The fourth-order valence-electron chi connectivity index (χ4n) is 2.13. The molecule has 0 fully saturated rings. The lowest BCUT2D eigenvalue weighted by Gasteiger charge is -2.11. The summed E-state index contributed by atoms with van der Waals surface area (Å²) in [5.41, 5.74) is -2.21. The number of rotatable bonds is 9. The average Bonchev–Trinajstić information content (AvgIpc) is 2.63. The molecule has 0 saturated heterocycles. The van der Waals surface area contributed by atoms with E-state index in [2.05, 4.69) is 67.6 Å². The van der Waals surface area contributed by atoms with Crippen LogP contribution in [0.5, 0.6) is 0 Å². The van der Waals surface area contributed by atoms with Gasteiger partial charge in [-0.3, -0.25) is 0 Å². The highest BCUT2D eigenvalue weighted by atomic mass is 127. The summed E-state index contributed by atoms with van der Waals surface area (Å²) in [6, 6.07) is 21.4. The Morgan fingerprint density at radius 2 is 1.35 bits per heavy atom. The highest BCUT2D eigenvalue weighted by Gasteiger charge is 2.13. The predicted molar refractivity (Wildman–Crippen MR) is 98.2 cm³/mol. The van der Waals surface area contributed by atoms with Crippen LogP contribution < -0.4 is 21.2 Å². The minimum Gasteiger partial charge on any atom is -0.746 e. The molecule has 2 rings (SSSR count). The van der Waals surface area contributed by atoms with E-state index in [0.717, 1.165) is 25.7 Å². The monoisotopic (exact) mass is 492 g/mol. The lowest BCUT2D eigenvalue weighted by molar-refractivity contribution is -0.597. The first-order valence-corrected chi connectivity index (χ1v) is 12.4. The number of hydrogen-bond acceptors (Lipinski definition) is 3. The molecule has 1 atom stereocenters. The summed E-state index contributed by atoms with van der Waals surface area (Å²) >= 11 is 0.0287. The Kier molecular flexibility index (Phi) is 11.7. The second-order valence-corrected chi connectivity index (χ2v) is 10.3. The minimum atomic E-state index is -4.71. The van der Waals surface area contributed by atoms with Gasteiger partial charge in [0.25, 0.3) is 0 Å².